The number of fused-ring (bicyclic) bond motifs is 1. The highest BCUT2D eigenvalue weighted by molar-refractivity contribution is 5.31. The highest BCUT2D eigenvalue weighted by Gasteiger charge is 2.28. The van der Waals surface area contributed by atoms with Crippen molar-refractivity contribution in [1.29, 1.82) is 0 Å². The number of benzene rings is 1. The SMILES string of the molecule is CC(C)CN(C)C1CCCc2ccccc2C1O. The van der Waals surface area contributed by atoms with Gasteiger partial charge in [-0.25, -0.2) is 0 Å². The highest BCUT2D eigenvalue weighted by Crippen LogP contribution is 2.31. The van der Waals surface area contributed by atoms with Gasteiger partial charge in [-0.1, -0.05) is 38.1 Å². The molecule has 0 amide bonds. The van der Waals surface area contributed by atoms with Crippen LogP contribution in [0.5, 0.6) is 0 Å². The largest absolute Gasteiger partial charge is 0.387 e. The predicted octanol–water partition coefficient (Wildman–Crippen LogP) is 3.01. The molecule has 0 spiro atoms. The molecule has 0 saturated heterocycles. The van der Waals surface area contributed by atoms with Gasteiger partial charge >= 0.3 is 0 Å². The summed E-state index contributed by atoms with van der Waals surface area (Å²) in [6, 6.07) is 8.61. The summed E-state index contributed by atoms with van der Waals surface area (Å²) in [5.41, 5.74) is 2.46. The zero-order valence-electron chi connectivity index (χ0n) is 11.8. The third kappa shape index (κ3) is 2.93. The minimum atomic E-state index is -0.340. The molecule has 2 atom stereocenters. The standard InChI is InChI=1S/C16H25NO/c1-12(2)11-17(3)15-10-6-8-13-7-4-5-9-14(13)16(15)18/h4-5,7,9,12,15-16,18H,6,8,10-11H2,1-3H3. The van der Waals surface area contributed by atoms with Crippen molar-refractivity contribution in [3.8, 4) is 0 Å². The maximum atomic E-state index is 10.6. The van der Waals surface area contributed by atoms with Crippen LogP contribution in [0.2, 0.25) is 0 Å². The summed E-state index contributed by atoms with van der Waals surface area (Å²) in [6.07, 6.45) is 3.01. The number of hydrogen-bond donors (Lipinski definition) is 1. The third-order valence-electron chi connectivity index (χ3n) is 3.90. The Morgan fingerprint density at radius 2 is 2.06 bits per heavy atom. The Morgan fingerprint density at radius 3 is 2.78 bits per heavy atom. The summed E-state index contributed by atoms with van der Waals surface area (Å²) in [6.45, 7) is 5.50. The lowest BCUT2D eigenvalue weighted by molar-refractivity contribution is 0.0536. The zero-order valence-corrected chi connectivity index (χ0v) is 11.8. The molecule has 2 nitrogen and oxygen atoms in total. The Kier molecular flexibility index (Phi) is 4.41. The van der Waals surface area contributed by atoms with Crippen LogP contribution in [0.4, 0.5) is 0 Å². The molecule has 1 aliphatic rings. The smallest absolute Gasteiger partial charge is 0.0947 e. The van der Waals surface area contributed by atoms with Crippen molar-refractivity contribution < 1.29 is 5.11 Å². The molecule has 2 unspecified atom stereocenters. The van der Waals surface area contributed by atoms with Crippen molar-refractivity contribution >= 4 is 0 Å². The first-order chi connectivity index (χ1) is 8.59. The first-order valence-electron chi connectivity index (χ1n) is 7.05. The van der Waals surface area contributed by atoms with E-state index < -0.39 is 0 Å². The predicted molar refractivity (Wildman–Crippen MR) is 75.6 cm³/mol. The lowest BCUT2D eigenvalue weighted by Gasteiger charge is -2.32. The van der Waals surface area contributed by atoms with Gasteiger partial charge in [0.15, 0.2) is 0 Å². The van der Waals surface area contributed by atoms with Crippen LogP contribution >= 0.6 is 0 Å². The van der Waals surface area contributed by atoms with Crippen LogP contribution in [0.15, 0.2) is 24.3 Å². The number of likely N-dealkylation sites (N-methyl/N-ethyl adjacent to an activating group) is 1. The molecule has 1 aromatic carbocycles. The van der Waals surface area contributed by atoms with Gasteiger partial charge in [0.25, 0.3) is 0 Å². The van der Waals surface area contributed by atoms with E-state index in [-0.39, 0.29) is 12.1 Å². The van der Waals surface area contributed by atoms with Crippen molar-refractivity contribution in [2.45, 2.75) is 45.3 Å². The summed E-state index contributed by atoms with van der Waals surface area (Å²) < 4.78 is 0. The lowest BCUT2D eigenvalue weighted by atomic mass is 9.97. The Hall–Kier alpha value is -0.860. The average molecular weight is 247 g/mol. The van der Waals surface area contributed by atoms with Crippen molar-refractivity contribution in [2.24, 2.45) is 5.92 Å². The van der Waals surface area contributed by atoms with E-state index in [0.717, 1.165) is 24.9 Å². The average Bonchev–Trinajstić information content (AvgIpc) is 2.49. The molecule has 0 radical (unpaired) electrons. The molecule has 1 N–H and O–H groups in total. The summed E-state index contributed by atoms with van der Waals surface area (Å²) in [7, 11) is 2.14. The number of hydrogen-bond acceptors (Lipinski definition) is 2. The molecule has 100 valence electrons. The monoisotopic (exact) mass is 247 g/mol. The van der Waals surface area contributed by atoms with Crippen molar-refractivity contribution in [3.63, 3.8) is 0 Å². The van der Waals surface area contributed by atoms with Crippen molar-refractivity contribution in [1.82, 2.24) is 4.90 Å². The van der Waals surface area contributed by atoms with Crippen LogP contribution in [-0.2, 0) is 6.42 Å². The molecule has 2 heteroatoms. The van der Waals surface area contributed by atoms with E-state index in [1.165, 1.54) is 12.0 Å². The molecule has 0 fully saturated rings. The van der Waals surface area contributed by atoms with Crippen LogP contribution < -0.4 is 0 Å². The molecule has 0 heterocycles. The van der Waals surface area contributed by atoms with Gasteiger partial charge in [0.1, 0.15) is 0 Å². The molecule has 0 bridgehead atoms. The maximum Gasteiger partial charge on any atom is 0.0947 e. The van der Waals surface area contributed by atoms with Crippen molar-refractivity contribution in [3.05, 3.63) is 35.4 Å². The molecule has 18 heavy (non-hydrogen) atoms. The topological polar surface area (TPSA) is 23.5 Å². The molecule has 0 saturated carbocycles. The van der Waals surface area contributed by atoms with Gasteiger partial charge in [-0.15, -0.1) is 0 Å². The number of nitrogens with zero attached hydrogens (tertiary/aromatic N) is 1. The summed E-state index contributed by atoms with van der Waals surface area (Å²) in [5, 5.41) is 10.6. The molecule has 1 aromatic rings. The Balaban J connectivity index is 2.19. The minimum Gasteiger partial charge on any atom is -0.387 e. The lowest BCUT2D eigenvalue weighted by Crippen LogP contribution is -2.38. The summed E-state index contributed by atoms with van der Waals surface area (Å²) >= 11 is 0. The summed E-state index contributed by atoms with van der Waals surface area (Å²) in [4.78, 5) is 2.33. The quantitative estimate of drug-likeness (QED) is 0.830. The van der Waals surface area contributed by atoms with E-state index >= 15 is 0 Å². The van der Waals surface area contributed by atoms with Gasteiger partial charge in [0.2, 0.25) is 0 Å². The second-order valence-electron chi connectivity index (χ2n) is 5.94. The van der Waals surface area contributed by atoms with Gasteiger partial charge in [0, 0.05) is 12.6 Å². The second-order valence-corrected chi connectivity index (χ2v) is 5.94. The number of rotatable bonds is 3. The fourth-order valence-corrected chi connectivity index (χ4v) is 3.09. The number of aryl methyl sites for hydroxylation is 1. The van der Waals surface area contributed by atoms with Crippen LogP contribution in [0.25, 0.3) is 0 Å². The van der Waals surface area contributed by atoms with E-state index in [4.69, 9.17) is 0 Å². The van der Waals surface area contributed by atoms with Crippen LogP contribution in [0, 0.1) is 5.92 Å². The Bertz CT molecular complexity index is 388. The van der Waals surface area contributed by atoms with E-state index in [1.807, 2.05) is 6.07 Å². The third-order valence-corrected chi connectivity index (χ3v) is 3.90. The number of aliphatic hydroxyl groups excluding tert-OH is 1. The van der Waals surface area contributed by atoms with Gasteiger partial charge < -0.3 is 10.0 Å². The first kappa shape index (κ1) is 13.6. The van der Waals surface area contributed by atoms with Crippen LogP contribution in [-0.4, -0.2) is 29.6 Å². The van der Waals surface area contributed by atoms with Crippen molar-refractivity contribution in [2.75, 3.05) is 13.6 Å². The molecular formula is C16H25NO. The Labute approximate surface area is 111 Å². The first-order valence-corrected chi connectivity index (χ1v) is 7.05. The molecule has 1 aliphatic carbocycles. The normalized spacial score (nSPS) is 24.1. The number of aliphatic hydroxyl groups is 1. The van der Waals surface area contributed by atoms with Crippen LogP contribution in [0.1, 0.15) is 43.9 Å². The van der Waals surface area contributed by atoms with Gasteiger partial charge in [0.05, 0.1) is 6.10 Å². The molecular weight excluding hydrogens is 222 g/mol. The maximum absolute atomic E-state index is 10.6. The van der Waals surface area contributed by atoms with Gasteiger partial charge in [-0.2, -0.15) is 0 Å². The van der Waals surface area contributed by atoms with E-state index in [9.17, 15) is 5.11 Å². The summed E-state index contributed by atoms with van der Waals surface area (Å²) in [5.74, 6) is 0.640. The minimum absolute atomic E-state index is 0.260. The second kappa shape index (κ2) is 5.85. The Morgan fingerprint density at radius 1 is 1.33 bits per heavy atom. The van der Waals surface area contributed by atoms with Gasteiger partial charge in [-0.05, 0) is 43.4 Å². The van der Waals surface area contributed by atoms with E-state index in [1.54, 1.807) is 0 Å². The van der Waals surface area contributed by atoms with E-state index in [2.05, 4.69) is 44.0 Å². The highest BCUT2D eigenvalue weighted by atomic mass is 16.3. The molecule has 2 rings (SSSR count). The fourth-order valence-electron chi connectivity index (χ4n) is 3.09. The van der Waals surface area contributed by atoms with Gasteiger partial charge in [-0.3, -0.25) is 0 Å². The fraction of sp³-hybridized carbons (Fsp3) is 0.625. The zero-order chi connectivity index (χ0) is 13.1. The molecule has 0 aromatic heterocycles. The molecule has 0 aliphatic heterocycles. The van der Waals surface area contributed by atoms with E-state index in [0.29, 0.717) is 5.92 Å². The van der Waals surface area contributed by atoms with Crippen LogP contribution in [0.3, 0.4) is 0 Å².